The third-order valence-electron chi connectivity index (χ3n) is 2.80. The van der Waals surface area contributed by atoms with E-state index in [0.717, 1.165) is 0 Å². The third-order valence-corrected chi connectivity index (χ3v) is 2.80. The molecule has 1 aromatic heterocycles. The Morgan fingerprint density at radius 3 is 3.06 bits per heavy atom. The van der Waals surface area contributed by atoms with Gasteiger partial charge in [0.15, 0.2) is 17.8 Å². The van der Waals surface area contributed by atoms with E-state index in [1.165, 1.54) is 0 Å². The predicted molar refractivity (Wildman–Crippen MR) is 60.7 cm³/mol. The monoisotopic (exact) mass is 249 g/mol. The van der Waals surface area contributed by atoms with Crippen LogP contribution in [0, 0.1) is 0 Å². The molecule has 1 aliphatic rings. The van der Waals surface area contributed by atoms with E-state index in [1.54, 1.807) is 10.7 Å². The first kappa shape index (κ1) is 11.0. The second kappa shape index (κ2) is 4.26. The van der Waals surface area contributed by atoms with Gasteiger partial charge in [0.1, 0.15) is 11.0 Å². The van der Waals surface area contributed by atoms with Crippen molar-refractivity contribution in [3.8, 4) is 11.5 Å². The summed E-state index contributed by atoms with van der Waals surface area (Å²) in [4.78, 5) is 11.0. The summed E-state index contributed by atoms with van der Waals surface area (Å²) in [6.45, 7) is 0.691. The smallest absolute Gasteiger partial charge is 0.231 e. The van der Waals surface area contributed by atoms with Crippen molar-refractivity contribution >= 4 is 17.3 Å². The van der Waals surface area contributed by atoms with Crippen LogP contribution in [-0.2, 0) is 6.54 Å². The number of aldehydes is 1. The highest BCUT2D eigenvalue weighted by molar-refractivity contribution is 5.94. The van der Waals surface area contributed by atoms with Crippen molar-refractivity contribution in [1.29, 1.82) is 0 Å². The van der Waals surface area contributed by atoms with E-state index in [4.69, 9.17) is 14.6 Å². The minimum absolute atomic E-state index is 0.0767. The van der Waals surface area contributed by atoms with Crippen molar-refractivity contribution < 1.29 is 19.4 Å². The van der Waals surface area contributed by atoms with Gasteiger partial charge in [-0.1, -0.05) is 5.21 Å². The zero-order chi connectivity index (χ0) is 12.5. The number of benzene rings is 1. The number of rotatable bonds is 4. The second-order valence-corrected chi connectivity index (χ2v) is 3.91. The number of aliphatic hydroxyl groups is 1. The van der Waals surface area contributed by atoms with Crippen molar-refractivity contribution in [2.24, 2.45) is 0 Å². The van der Waals surface area contributed by atoms with E-state index in [1.807, 2.05) is 0 Å². The van der Waals surface area contributed by atoms with E-state index < -0.39 is 0 Å². The second-order valence-electron chi connectivity index (χ2n) is 3.91. The molecule has 0 unspecified atom stereocenters. The van der Waals surface area contributed by atoms with Crippen LogP contribution in [0.4, 0.5) is 0 Å². The van der Waals surface area contributed by atoms with Gasteiger partial charge in [-0.15, -0.1) is 5.10 Å². The molecule has 2 heterocycles. The molecule has 3 rings (SSSR count). The maximum Gasteiger partial charge on any atom is 0.231 e. The fraction of sp³-hybridized carbons (Fsp3) is 0.364. The number of carbonyl (C=O) groups excluding carboxylic acids is 1. The van der Waals surface area contributed by atoms with Crippen molar-refractivity contribution in [3.63, 3.8) is 0 Å². The first-order valence-electron chi connectivity index (χ1n) is 5.57. The van der Waals surface area contributed by atoms with Crippen LogP contribution in [0.2, 0.25) is 0 Å². The van der Waals surface area contributed by atoms with Gasteiger partial charge >= 0.3 is 0 Å². The standard InChI is InChI=1S/C11H11N3O4/c15-3-1-2-14-9-8(12-13-14)4-7(5-16)10-11(9)18-6-17-10/h4-5,15H,1-3,6H2. The number of hydrogen-bond acceptors (Lipinski definition) is 6. The maximum atomic E-state index is 11.0. The Morgan fingerprint density at radius 1 is 1.44 bits per heavy atom. The van der Waals surface area contributed by atoms with Gasteiger partial charge in [0.05, 0.1) is 5.56 Å². The molecule has 94 valence electrons. The van der Waals surface area contributed by atoms with Gasteiger partial charge in [-0.2, -0.15) is 0 Å². The summed E-state index contributed by atoms with van der Waals surface area (Å²) < 4.78 is 12.3. The number of nitrogens with zero attached hydrogens (tertiary/aromatic N) is 3. The highest BCUT2D eigenvalue weighted by Gasteiger charge is 2.25. The molecule has 0 saturated heterocycles. The van der Waals surface area contributed by atoms with Crippen LogP contribution >= 0.6 is 0 Å². The Labute approximate surface area is 102 Å². The Balaban J connectivity index is 2.19. The Morgan fingerprint density at radius 2 is 2.28 bits per heavy atom. The molecule has 0 saturated carbocycles. The van der Waals surface area contributed by atoms with Gasteiger partial charge in [0.25, 0.3) is 0 Å². The molecule has 18 heavy (non-hydrogen) atoms. The zero-order valence-corrected chi connectivity index (χ0v) is 9.50. The van der Waals surface area contributed by atoms with Gasteiger partial charge in [-0.3, -0.25) is 4.79 Å². The molecule has 0 aliphatic carbocycles. The Bertz CT molecular complexity index is 608. The van der Waals surface area contributed by atoms with Crippen LogP contribution in [0.1, 0.15) is 16.8 Å². The van der Waals surface area contributed by atoms with Gasteiger partial charge in [-0.05, 0) is 12.5 Å². The quantitative estimate of drug-likeness (QED) is 0.787. The number of aryl methyl sites for hydroxylation is 1. The number of ether oxygens (including phenoxy) is 2. The summed E-state index contributed by atoms with van der Waals surface area (Å²) in [5.41, 5.74) is 1.69. The lowest BCUT2D eigenvalue weighted by molar-refractivity contribution is 0.111. The zero-order valence-electron chi connectivity index (χ0n) is 9.50. The molecular formula is C11H11N3O4. The lowest BCUT2D eigenvalue weighted by atomic mass is 10.1. The summed E-state index contributed by atoms with van der Waals surface area (Å²) >= 11 is 0. The number of aliphatic hydroxyl groups excluding tert-OH is 1. The first-order valence-corrected chi connectivity index (χ1v) is 5.57. The largest absolute Gasteiger partial charge is 0.453 e. The number of carbonyl (C=O) groups is 1. The van der Waals surface area contributed by atoms with Gasteiger partial charge in [-0.25, -0.2) is 4.68 Å². The van der Waals surface area contributed by atoms with Crippen molar-refractivity contribution in [2.45, 2.75) is 13.0 Å². The SMILES string of the molecule is O=Cc1cc2nnn(CCCO)c2c2c1OCO2. The highest BCUT2D eigenvalue weighted by Crippen LogP contribution is 2.41. The van der Waals surface area contributed by atoms with E-state index in [0.29, 0.717) is 47.3 Å². The van der Waals surface area contributed by atoms with E-state index >= 15 is 0 Å². The van der Waals surface area contributed by atoms with E-state index in [2.05, 4.69) is 10.3 Å². The van der Waals surface area contributed by atoms with Crippen molar-refractivity contribution in [3.05, 3.63) is 11.6 Å². The minimum Gasteiger partial charge on any atom is -0.453 e. The van der Waals surface area contributed by atoms with Crippen LogP contribution in [0.5, 0.6) is 11.5 Å². The molecule has 2 aromatic rings. The topological polar surface area (TPSA) is 86.5 Å². The third kappa shape index (κ3) is 1.52. The lowest BCUT2D eigenvalue weighted by Gasteiger charge is -2.04. The fourth-order valence-electron chi connectivity index (χ4n) is 2.00. The molecule has 1 aromatic carbocycles. The van der Waals surface area contributed by atoms with E-state index in [9.17, 15) is 4.79 Å². The van der Waals surface area contributed by atoms with Gasteiger partial charge < -0.3 is 14.6 Å². The summed E-state index contributed by atoms with van der Waals surface area (Å²) in [7, 11) is 0. The van der Waals surface area contributed by atoms with Gasteiger partial charge in [0.2, 0.25) is 6.79 Å². The Kier molecular flexibility index (Phi) is 2.60. The molecule has 0 amide bonds. The number of hydrogen-bond donors (Lipinski definition) is 1. The molecule has 0 spiro atoms. The molecule has 0 atom stereocenters. The molecule has 7 nitrogen and oxygen atoms in total. The van der Waals surface area contributed by atoms with Crippen LogP contribution in [0.25, 0.3) is 11.0 Å². The summed E-state index contributed by atoms with van der Waals surface area (Å²) in [6, 6.07) is 1.62. The van der Waals surface area contributed by atoms with Crippen molar-refractivity contribution in [2.75, 3.05) is 13.4 Å². The molecule has 1 N–H and O–H groups in total. The first-order chi connectivity index (χ1) is 8.85. The predicted octanol–water partition coefficient (Wildman–Crippen LogP) is 0.355. The molecule has 0 radical (unpaired) electrons. The average molecular weight is 249 g/mol. The summed E-state index contributed by atoms with van der Waals surface area (Å²) in [5.74, 6) is 0.933. The normalized spacial score (nSPS) is 13.2. The molecule has 1 aliphatic heterocycles. The van der Waals surface area contributed by atoms with Crippen LogP contribution in [0.15, 0.2) is 6.07 Å². The van der Waals surface area contributed by atoms with Crippen LogP contribution in [0.3, 0.4) is 0 Å². The molecule has 7 heteroatoms. The maximum absolute atomic E-state index is 11.0. The fourth-order valence-corrected chi connectivity index (χ4v) is 2.00. The molecular weight excluding hydrogens is 238 g/mol. The number of fused-ring (bicyclic) bond motifs is 3. The average Bonchev–Trinajstić information content (AvgIpc) is 3.01. The lowest BCUT2D eigenvalue weighted by Crippen LogP contribution is -2.03. The van der Waals surface area contributed by atoms with Crippen LogP contribution in [-0.4, -0.2) is 39.8 Å². The minimum atomic E-state index is 0.0767. The highest BCUT2D eigenvalue weighted by atomic mass is 16.7. The summed E-state index contributed by atoms with van der Waals surface area (Å²) in [5, 5.41) is 16.8. The van der Waals surface area contributed by atoms with Crippen LogP contribution < -0.4 is 9.47 Å². The van der Waals surface area contributed by atoms with E-state index in [-0.39, 0.29) is 13.4 Å². The Hall–Kier alpha value is -2.15. The van der Waals surface area contributed by atoms with Crippen molar-refractivity contribution in [1.82, 2.24) is 15.0 Å². The molecule has 0 fully saturated rings. The summed E-state index contributed by atoms with van der Waals surface area (Å²) in [6.07, 6.45) is 1.28. The molecule has 0 bridgehead atoms. The number of aromatic nitrogens is 3. The van der Waals surface area contributed by atoms with Gasteiger partial charge in [0, 0.05) is 13.2 Å².